The van der Waals surface area contributed by atoms with Crippen molar-refractivity contribution < 1.29 is 9.53 Å². The summed E-state index contributed by atoms with van der Waals surface area (Å²) < 4.78 is 5.51. The normalized spacial score (nSPS) is 24.8. The molecular weight excluding hydrogens is 481 g/mol. The zero-order chi connectivity index (χ0) is 19.8. The molecule has 0 aromatic carbocycles. The molecule has 8 heteroatoms. The molecule has 3 fully saturated rings. The van der Waals surface area contributed by atoms with E-state index in [0.717, 1.165) is 45.1 Å². The van der Waals surface area contributed by atoms with Gasteiger partial charge in [-0.15, -0.1) is 24.0 Å². The summed E-state index contributed by atoms with van der Waals surface area (Å²) in [6, 6.07) is 0.914. The third-order valence-electron chi connectivity index (χ3n) is 6.29. The van der Waals surface area contributed by atoms with E-state index < -0.39 is 0 Å². The van der Waals surface area contributed by atoms with Crippen LogP contribution in [0.15, 0.2) is 4.99 Å². The highest BCUT2D eigenvalue weighted by Gasteiger charge is 2.25. The Morgan fingerprint density at radius 2 is 1.69 bits per heavy atom. The van der Waals surface area contributed by atoms with E-state index in [1.54, 1.807) is 19.0 Å². The van der Waals surface area contributed by atoms with E-state index in [-0.39, 0.29) is 36.4 Å². The molecule has 0 bridgehead atoms. The summed E-state index contributed by atoms with van der Waals surface area (Å²) in [5.74, 6) is 1.58. The van der Waals surface area contributed by atoms with Crippen molar-refractivity contribution in [1.82, 2.24) is 20.4 Å². The minimum absolute atomic E-state index is 0. The SMILES string of the molecule is CN(C)C(=O)CN=C(NC1CCCCC1)NC1CCN(CC2CCOC2)CC1.I. The second-order valence-corrected chi connectivity index (χ2v) is 8.88. The number of rotatable bonds is 6. The Morgan fingerprint density at radius 1 is 1.03 bits per heavy atom. The van der Waals surface area contributed by atoms with Crippen LogP contribution in [0, 0.1) is 5.92 Å². The van der Waals surface area contributed by atoms with Gasteiger partial charge < -0.3 is 25.2 Å². The fourth-order valence-electron chi connectivity index (χ4n) is 4.41. The number of piperidine rings is 1. The van der Waals surface area contributed by atoms with Gasteiger partial charge in [-0.05, 0) is 38.0 Å². The number of guanidine groups is 1. The van der Waals surface area contributed by atoms with Gasteiger partial charge in [0.05, 0.1) is 6.61 Å². The maximum Gasteiger partial charge on any atom is 0.243 e. The van der Waals surface area contributed by atoms with Gasteiger partial charge >= 0.3 is 0 Å². The fraction of sp³-hybridized carbons (Fsp3) is 0.905. The molecule has 1 unspecified atom stereocenters. The lowest BCUT2D eigenvalue weighted by Crippen LogP contribution is -2.51. The highest BCUT2D eigenvalue weighted by molar-refractivity contribution is 14.0. The summed E-state index contributed by atoms with van der Waals surface area (Å²) in [7, 11) is 3.56. The van der Waals surface area contributed by atoms with Crippen LogP contribution in [0.4, 0.5) is 0 Å². The number of carbonyl (C=O) groups excluding carboxylic acids is 1. The molecule has 1 aliphatic carbocycles. The number of hydrogen-bond donors (Lipinski definition) is 2. The van der Waals surface area contributed by atoms with Crippen molar-refractivity contribution in [2.24, 2.45) is 10.9 Å². The first-order chi connectivity index (χ1) is 13.6. The monoisotopic (exact) mass is 521 g/mol. The minimum atomic E-state index is 0. The Labute approximate surface area is 193 Å². The fourth-order valence-corrected chi connectivity index (χ4v) is 4.41. The van der Waals surface area contributed by atoms with Gasteiger partial charge in [-0.3, -0.25) is 4.79 Å². The second kappa shape index (κ2) is 12.9. The molecule has 2 heterocycles. The first kappa shape index (κ1) is 24.7. The summed E-state index contributed by atoms with van der Waals surface area (Å²) in [5.41, 5.74) is 0. The predicted octanol–water partition coefficient (Wildman–Crippen LogP) is 2.06. The summed E-state index contributed by atoms with van der Waals surface area (Å²) in [4.78, 5) is 20.8. The van der Waals surface area contributed by atoms with E-state index >= 15 is 0 Å². The molecule has 0 aromatic rings. The van der Waals surface area contributed by atoms with Crippen molar-refractivity contribution in [3.05, 3.63) is 0 Å². The van der Waals surface area contributed by atoms with Crippen LogP contribution in [-0.2, 0) is 9.53 Å². The largest absolute Gasteiger partial charge is 0.381 e. The van der Waals surface area contributed by atoms with Crippen molar-refractivity contribution in [3.8, 4) is 0 Å². The van der Waals surface area contributed by atoms with Crippen molar-refractivity contribution in [1.29, 1.82) is 0 Å². The quantitative estimate of drug-likeness (QED) is 0.318. The third-order valence-corrected chi connectivity index (χ3v) is 6.29. The van der Waals surface area contributed by atoms with Crippen molar-refractivity contribution >= 4 is 35.8 Å². The number of carbonyl (C=O) groups is 1. The molecule has 0 radical (unpaired) electrons. The number of hydrogen-bond acceptors (Lipinski definition) is 4. The number of likely N-dealkylation sites (N-methyl/N-ethyl adjacent to an activating group) is 1. The van der Waals surface area contributed by atoms with E-state index in [4.69, 9.17) is 4.74 Å². The van der Waals surface area contributed by atoms with E-state index in [2.05, 4.69) is 20.5 Å². The van der Waals surface area contributed by atoms with Gasteiger partial charge in [-0.25, -0.2) is 4.99 Å². The molecule has 3 aliphatic rings. The molecule has 1 atom stereocenters. The van der Waals surface area contributed by atoms with E-state index in [0.29, 0.717) is 18.0 Å². The zero-order valence-corrected chi connectivity index (χ0v) is 20.5. The van der Waals surface area contributed by atoms with Gasteiger partial charge in [0.2, 0.25) is 5.91 Å². The van der Waals surface area contributed by atoms with Gasteiger partial charge in [0.25, 0.3) is 0 Å². The first-order valence-corrected chi connectivity index (χ1v) is 11.2. The molecule has 0 spiro atoms. The van der Waals surface area contributed by atoms with Crippen LogP contribution >= 0.6 is 24.0 Å². The Balaban J connectivity index is 0.00000300. The average Bonchev–Trinajstić information content (AvgIpc) is 3.21. The van der Waals surface area contributed by atoms with Gasteiger partial charge in [0.1, 0.15) is 6.54 Å². The number of nitrogens with zero attached hydrogens (tertiary/aromatic N) is 3. The second-order valence-electron chi connectivity index (χ2n) is 8.88. The number of ether oxygens (including phenoxy) is 1. The summed E-state index contributed by atoms with van der Waals surface area (Å²) in [6.07, 6.45) is 9.76. The molecule has 2 saturated heterocycles. The Hall–Kier alpha value is -0.610. The Bertz CT molecular complexity index is 511. The van der Waals surface area contributed by atoms with E-state index in [1.165, 1.54) is 45.1 Å². The van der Waals surface area contributed by atoms with Crippen LogP contribution in [0.2, 0.25) is 0 Å². The minimum Gasteiger partial charge on any atom is -0.381 e. The van der Waals surface area contributed by atoms with Crippen molar-refractivity contribution in [2.45, 2.75) is 63.5 Å². The summed E-state index contributed by atoms with van der Waals surface area (Å²) in [5, 5.41) is 7.23. The summed E-state index contributed by atoms with van der Waals surface area (Å²) >= 11 is 0. The molecule has 29 heavy (non-hydrogen) atoms. The van der Waals surface area contributed by atoms with Crippen LogP contribution in [0.3, 0.4) is 0 Å². The molecule has 0 aromatic heterocycles. The van der Waals surface area contributed by atoms with Gasteiger partial charge in [0.15, 0.2) is 5.96 Å². The molecule has 168 valence electrons. The lowest BCUT2D eigenvalue weighted by molar-refractivity contribution is -0.127. The van der Waals surface area contributed by atoms with Crippen molar-refractivity contribution in [3.63, 3.8) is 0 Å². The molecule has 2 N–H and O–H groups in total. The lowest BCUT2D eigenvalue weighted by Gasteiger charge is -2.35. The highest BCUT2D eigenvalue weighted by Crippen LogP contribution is 2.19. The highest BCUT2D eigenvalue weighted by atomic mass is 127. The topological polar surface area (TPSA) is 69.2 Å². The van der Waals surface area contributed by atoms with E-state index in [9.17, 15) is 4.79 Å². The first-order valence-electron chi connectivity index (χ1n) is 11.2. The standard InChI is InChI=1S/C21H39N5O2.HI/c1-25(2)20(27)14-22-21(23-18-6-4-3-5-7-18)24-19-8-11-26(12-9-19)15-17-10-13-28-16-17;/h17-19H,3-16H2,1-2H3,(H2,22,23,24);1H. The van der Waals surface area contributed by atoms with Crippen LogP contribution in [0.25, 0.3) is 0 Å². The zero-order valence-electron chi connectivity index (χ0n) is 18.2. The Morgan fingerprint density at radius 3 is 2.28 bits per heavy atom. The third kappa shape index (κ3) is 8.57. The van der Waals surface area contributed by atoms with Crippen LogP contribution in [0.5, 0.6) is 0 Å². The number of amides is 1. The molecule has 1 amide bonds. The maximum atomic E-state index is 12.0. The Kier molecular flexibility index (Phi) is 11.0. The number of aliphatic imine (C=N–C) groups is 1. The van der Waals surface area contributed by atoms with Crippen molar-refractivity contribution in [2.75, 3.05) is 53.5 Å². The molecule has 2 aliphatic heterocycles. The van der Waals surface area contributed by atoms with Gasteiger partial charge in [-0.1, -0.05) is 19.3 Å². The predicted molar refractivity (Wildman–Crippen MR) is 128 cm³/mol. The summed E-state index contributed by atoms with van der Waals surface area (Å²) in [6.45, 7) is 5.49. The average molecular weight is 521 g/mol. The maximum absolute atomic E-state index is 12.0. The lowest BCUT2D eigenvalue weighted by atomic mass is 9.95. The molecule has 3 rings (SSSR count). The number of nitrogens with one attached hydrogen (secondary N) is 2. The van der Waals surface area contributed by atoms with Gasteiger partial charge in [-0.2, -0.15) is 0 Å². The molecule has 1 saturated carbocycles. The van der Waals surface area contributed by atoms with Gasteiger partial charge in [0, 0.05) is 52.4 Å². The molecular formula is C21H40IN5O2. The van der Waals surface area contributed by atoms with E-state index in [1.807, 2.05) is 0 Å². The smallest absolute Gasteiger partial charge is 0.243 e. The molecule has 7 nitrogen and oxygen atoms in total. The number of halogens is 1. The van der Waals surface area contributed by atoms with Crippen LogP contribution in [0.1, 0.15) is 51.4 Å². The van der Waals surface area contributed by atoms with Crippen LogP contribution in [-0.4, -0.2) is 87.2 Å². The van der Waals surface area contributed by atoms with Crippen LogP contribution < -0.4 is 10.6 Å². The number of likely N-dealkylation sites (tertiary alicyclic amines) is 1.